The van der Waals surface area contributed by atoms with E-state index in [-0.39, 0.29) is 11.8 Å². The third-order valence-electron chi connectivity index (χ3n) is 4.97. The van der Waals surface area contributed by atoms with E-state index in [0.717, 1.165) is 17.5 Å². The zero-order valence-corrected chi connectivity index (χ0v) is 16.6. The summed E-state index contributed by atoms with van der Waals surface area (Å²) in [5, 5.41) is 2.99. The van der Waals surface area contributed by atoms with Crippen LogP contribution in [0.3, 0.4) is 0 Å². The van der Waals surface area contributed by atoms with E-state index in [1.165, 1.54) is 10.4 Å². The Bertz CT molecular complexity index is 993. The van der Waals surface area contributed by atoms with E-state index in [2.05, 4.69) is 5.32 Å². The summed E-state index contributed by atoms with van der Waals surface area (Å²) < 4.78 is 0. The molecule has 0 atom stereocenters. The van der Waals surface area contributed by atoms with Gasteiger partial charge in [0.05, 0.1) is 4.88 Å². The molecule has 1 aromatic heterocycles. The van der Waals surface area contributed by atoms with Crippen molar-refractivity contribution in [3.8, 4) is 0 Å². The van der Waals surface area contributed by atoms with E-state index < -0.39 is 0 Å². The van der Waals surface area contributed by atoms with Gasteiger partial charge in [0.15, 0.2) is 0 Å². The molecule has 0 aliphatic carbocycles. The Balaban J connectivity index is 1.41. The summed E-state index contributed by atoms with van der Waals surface area (Å²) in [6.07, 6.45) is 0.795. The van der Waals surface area contributed by atoms with Crippen molar-refractivity contribution in [1.82, 2.24) is 10.2 Å². The molecule has 4 nitrogen and oxygen atoms in total. The fourth-order valence-corrected chi connectivity index (χ4v) is 4.44. The van der Waals surface area contributed by atoms with Gasteiger partial charge in [0, 0.05) is 30.1 Å². The molecule has 28 heavy (non-hydrogen) atoms. The maximum absolute atomic E-state index is 12.7. The predicted molar refractivity (Wildman–Crippen MR) is 112 cm³/mol. The molecule has 0 radical (unpaired) electrons. The fraction of sp³-hybridized carbons (Fsp3) is 0.217. The Morgan fingerprint density at radius 1 is 1.07 bits per heavy atom. The van der Waals surface area contributed by atoms with E-state index in [0.29, 0.717) is 30.1 Å². The molecule has 0 unspecified atom stereocenters. The first-order chi connectivity index (χ1) is 13.6. The summed E-state index contributed by atoms with van der Waals surface area (Å²) in [6, 6.07) is 19.4. The molecule has 1 aliphatic heterocycles. The van der Waals surface area contributed by atoms with Gasteiger partial charge in [-0.2, -0.15) is 0 Å². The topological polar surface area (TPSA) is 49.4 Å². The molecule has 0 saturated heterocycles. The maximum atomic E-state index is 12.7. The number of carbonyl (C=O) groups is 2. The van der Waals surface area contributed by atoms with E-state index in [4.69, 9.17) is 0 Å². The largest absolute Gasteiger partial charge is 0.347 e. The van der Waals surface area contributed by atoms with Gasteiger partial charge in [-0.1, -0.05) is 48.0 Å². The highest BCUT2D eigenvalue weighted by Crippen LogP contribution is 2.29. The van der Waals surface area contributed by atoms with Crippen LogP contribution >= 0.6 is 11.3 Å². The Morgan fingerprint density at radius 3 is 2.57 bits per heavy atom. The van der Waals surface area contributed by atoms with Gasteiger partial charge < -0.3 is 10.2 Å². The lowest BCUT2D eigenvalue weighted by atomic mass is 10.1. The summed E-state index contributed by atoms with van der Waals surface area (Å²) in [7, 11) is 0. The molecule has 2 heterocycles. The third-order valence-corrected chi connectivity index (χ3v) is 6.21. The number of benzene rings is 2. The van der Waals surface area contributed by atoms with Crippen LogP contribution in [0.1, 0.15) is 41.6 Å². The van der Waals surface area contributed by atoms with Crippen LogP contribution in [0.25, 0.3) is 0 Å². The number of fused-ring (bicyclic) bond motifs is 1. The Kier molecular flexibility index (Phi) is 5.26. The lowest BCUT2D eigenvalue weighted by Gasteiger charge is -2.27. The molecule has 3 aromatic rings. The predicted octanol–water partition coefficient (Wildman–Crippen LogP) is 4.19. The first-order valence-electron chi connectivity index (χ1n) is 9.40. The van der Waals surface area contributed by atoms with Gasteiger partial charge in [-0.25, -0.2) is 0 Å². The molecule has 1 aliphatic rings. The molecule has 0 spiro atoms. The molecule has 0 saturated carbocycles. The SMILES string of the molecule is Cc1ccc(CNC(=O)c2cc3c(s2)CCN(C(=O)c2ccccc2)C3)cc1. The van der Waals surface area contributed by atoms with Gasteiger partial charge in [0.25, 0.3) is 11.8 Å². The lowest BCUT2D eigenvalue weighted by molar-refractivity contribution is 0.0736. The smallest absolute Gasteiger partial charge is 0.261 e. The average molecular weight is 391 g/mol. The number of aryl methyl sites for hydroxylation is 1. The number of carbonyl (C=O) groups excluding carboxylic acids is 2. The highest BCUT2D eigenvalue weighted by atomic mass is 32.1. The molecule has 2 amide bonds. The van der Waals surface area contributed by atoms with Crippen molar-refractivity contribution in [2.75, 3.05) is 6.54 Å². The molecule has 142 valence electrons. The highest BCUT2D eigenvalue weighted by molar-refractivity contribution is 7.14. The highest BCUT2D eigenvalue weighted by Gasteiger charge is 2.25. The van der Waals surface area contributed by atoms with E-state index in [9.17, 15) is 9.59 Å². The van der Waals surface area contributed by atoms with Crippen molar-refractivity contribution in [3.05, 3.63) is 92.7 Å². The minimum Gasteiger partial charge on any atom is -0.347 e. The first-order valence-corrected chi connectivity index (χ1v) is 10.2. The second-order valence-corrected chi connectivity index (χ2v) is 8.21. The van der Waals surface area contributed by atoms with Crippen LogP contribution in [-0.2, 0) is 19.5 Å². The van der Waals surface area contributed by atoms with Gasteiger partial charge >= 0.3 is 0 Å². The second kappa shape index (κ2) is 7.98. The van der Waals surface area contributed by atoms with Crippen LogP contribution in [0.15, 0.2) is 60.7 Å². The molecular formula is C23H22N2O2S. The maximum Gasteiger partial charge on any atom is 0.261 e. The first kappa shape index (κ1) is 18.4. The molecular weight excluding hydrogens is 368 g/mol. The molecule has 0 fully saturated rings. The van der Waals surface area contributed by atoms with Crippen LogP contribution in [0.2, 0.25) is 0 Å². The molecule has 2 aromatic carbocycles. The number of nitrogens with zero attached hydrogens (tertiary/aromatic N) is 1. The van der Waals surface area contributed by atoms with Crippen LogP contribution in [0.5, 0.6) is 0 Å². The molecule has 4 rings (SSSR count). The number of hydrogen-bond donors (Lipinski definition) is 1. The van der Waals surface area contributed by atoms with Crippen molar-refractivity contribution >= 4 is 23.2 Å². The molecule has 0 bridgehead atoms. The van der Waals surface area contributed by atoms with Crippen LogP contribution in [-0.4, -0.2) is 23.3 Å². The zero-order chi connectivity index (χ0) is 19.5. The quantitative estimate of drug-likeness (QED) is 0.726. The van der Waals surface area contributed by atoms with Crippen molar-refractivity contribution in [3.63, 3.8) is 0 Å². The van der Waals surface area contributed by atoms with E-state index in [1.54, 1.807) is 11.3 Å². The molecule has 5 heteroatoms. The third kappa shape index (κ3) is 3.99. The fourth-order valence-electron chi connectivity index (χ4n) is 3.36. The normalized spacial score (nSPS) is 13.1. The number of rotatable bonds is 4. The van der Waals surface area contributed by atoms with Crippen molar-refractivity contribution in [1.29, 1.82) is 0 Å². The van der Waals surface area contributed by atoms with Crippen LogP contribution < -0.4 is 5.32 Å². The minimum absolute atomic E-state index is 0.0443. The van der Waals surface area contributed by atoms with E-state index >= 15 is 0 Å². The molecule has 1 N–H and O–H groups in total. The minimum atomic E-state index is -0.0547. The number of nitrogens with one attached hydrogen (secondary N) is 1. The summed E-state index contributed by atoms with van der Waals surface area (Å²) in [5.41, 5.74) is 4.08. The van der Waals surface area contributed by atoms with Crippen molar-refractivity contribution in [2.24, 2.45) is 0 Å². The van der Waals surface area contributed by atoms with E-state index in [1.807, 2.05) is 72.5 Å². The number of thiophene rings is 1. The number of hydrogen-bond acceptors (Lipinski definition) is 3. The Morgan fingerprint density at radius 2 is 1.82 bits per heavy atom. The number of amides is 2. The van der Waals surface area contributed by atoms with Gasteiger partial charge in [-0.05, 0) is 42.7 Å². The monoisotopic (exact) mass is 390 g/mol. The van der Waals surface area contributed by atoms with Gasteiger partial charge in [0.2, 0.25) is 0 Å². The van der Waals surface area contributed by atoms with Gasteiger partial charge in [-0.15, -0.1) is 11.3 Å². The standard InChI is InChI=1S/C23H22N2O2S/c1-16-7-9-17(10-8-16)14-24-22(26)21-13-19-15-25(12-11-20(19)28-21)23(27)18-5-3-2-4-6-18/h2-10,13H,11-12,14-15H2,1H3,(H,24,26). The lowest BCUT2D eigenvalue weighted by Crippen LogP contribution is -2.35. The van der Waals surface area contributed by atoms with Crippen molar-refractivity contribution in [2.45, 2.75) is 26.4 Å². The summed E-state index contributed by atoms with van der Waals surface area (Å²) in [4.78, 5) is 29.0. The summed E-state index contributed by atoms with van der Waals surface area (Å²) in [5.74, 6) is -0.0104. The summed E-state index contributed by atoms with van der Waals surface area (Å²) in [6.45, 7) is 3.81. The van der Waals surface area contributed by atoms with Gasteiger partial charge in [0.1, 0.15) is 0 Å². The van der Waals surface area contributed by atoms with Crippen LogP contribution in [0.4, 0.5) is 0 Å². The van der Waals surface area contributed by atoms with Crippen LogP contribution in [0, 0.1) is 6.92 Å². The van der Waals surface area contributed by atoms with Crippen molar-refractivity contribution < 1.29 is 9.59 Å². The Hall–Kier alpha value is -2.92. The second-order valence-electron chi connectivity index (χ2n) is 7.07. The Labute approximate surface area is 168 Å². The average Bonchev–Trinajstić information content (AvgIpc) is 3.16. The summed E-state index contributed by atoms with van der Waals surface area (Å²) >= 11 is 1.54. The van der Waals surface area contributed by atoms with Gasteiger partial charge in [-0.3, -0.25) is 9.59 Å². The zero-order valence-electron chi connectivity index (χ0n) is 15.8.